The first-order valence-electron chi connectivity index (χ1n) is 2.84. The van der Waals surface area contributed by atoms with Gasteiger partial charge in [0.05, 0.1) is 0 Å². The van der Waals surface area contributed by atoms with E-state index in [-0.39, 0.29) is 11.0 Å². The molecule has 7 heteroatoms. The van der Waals surface area contributed by atoms with Crippen molar-refractivity contribution in [3.8, 4) is 5.75 Å². The molecule has 0 heterocycles. The summed E-state index contributed by atoms with van der Waals surface area (Å²) in [6.45, 7) is 0. The van der Waals surface area contributed by atoms with Crippen LogP contribution in [-0.4, -0.2) is 5.11 Å². The monoisotopic (exact) mass is 232 g/mol. The number of hydrogen-bond donors (Lipinski definition) is 1. The summed E-state index contributed by atoms with van der Waals surface area (Å²) in [6.07, 6.45) is 0. The minimum atomic E-state index is -1.86. The van der Waals surface area contributed by atoms with Crippen molar-refractivity contribution in [1.82, 2.24) is 0 Å². The lowest BCUT2D eigenvalue weighted by atomic mass is 10.3. The van der Waals surface area contributed by atoms with Crippen LogP contribution in [0.15, 0.2) is 4.90 Å². The molecule has 72 valence electrons. The smallest absolute Gasteiger partial charge is 0.204 e. The van der Waals surface area contributed by atoms with Gasteiger partial charge in [0.15, 0.2) is 17.4 Å². The number of benzene rings is 1. The molecule has 1 N–H and O–H groups in total. The molecule has 0 unspecified atom stereocenters. The molecule has 0 saturated heterocycles. The van der Waals surface area contributed by atoms with E-state index in [1.54, 1.807) is 0 Å². The molecule has 0 aliphatic carbocycles. The van der Waals surface area contributed by atoms with Gasteiger partial charge in [-0.3, -0.25) is 0 Å². The Balaban J connectivity index is 3.56. The van der Waals surface area contributed by atoms with E-state index >= 15 is 0 Å². The molecule has 0 fully saturated rings. The van der Waals surface area contributed by atoms with Gasteiger partial charge in [0.25, 0.3) is 0 Å². The lowest BCUT2D eigenvalue weighted by molar-refractivity contribution is 0.344. The van der Waals surface area contributed by atoms with Crippen molar-refractivity contribution < 1.29 is 22.7 Å². The molecule has 0 saturated carbocycles. The van der Waals surface area contributed by atoms with E-state index < -0.39 is 33.9 Å². The summed E-state index contributed by atoms with van der Waals surface area (Å²) in [5.74, 6) is -8.83. The molecule has 0 aromatic heterocycles. The van der Waals surface area contributed by atoms with Crippen LogP contribution >= 0.6 is 21.7 Å². The Bertz CT molecular complexity index is 328. The quantitative estimate of drug-likeness (QED) is 0.593. The maximum absolute atomic E-state index is 12.7. The van der Waals surface area contributed by atoms with E-state index in [1.165, 1.54) is 0 Å². The highest BCUT2D eigenvalue weighted by molar-refractivity contribution is 8.21. The van der Waals surface area contributed by atoms with Gasteiger partial charge in [-0.05, 0) is 21.7 Å². The molecule has 0 bridgehead atoms. The molecule has 0 aliphatic heterocycles. The summed E-state index contributed by atoms with van der Waals surface area (Å²) in [5, 5.41) is 8.51. The minimum absolute atomic E-state index is 0.00981. The third-order valence-corrected chi connectivity index (χ3v) is 2.25. The summed E-state index contributed by atoms with van der Waals surface area (Å²) in [5.41, 5.74) is 0. The van der Waals surface area contributed by atoms with Crippen LogP contribution in [0.5, 0.6) is 5.75 Å². The SMILES string of the molecule is Oc1c(F)c(F)c(SCl)c(F)c1F. The molecule has 13 heavy (non-hydrogen) atoms. The largest absolute Gasteiger partial charge is 0.503 e. The average Bonchev–Trinajstić information content (AvgIpc) is 2.13. The highest BCUT2D eigenvalue weighted by Crippen LogP contribution is 2.35. The van der Waals surface area contributed by atoms with Crippen molar-refractivity contribution in [3.63, 3.8) is 0 Å². The zero-order valence-electron chi connectivity index (χ0n) is 5.75. The number of aromatic hydroxyl groups is 1. The van der Waals surface area contributed by atoms with Crippen molar-refractivity contribution in [2.45, 2.75) is 4.90 Å². The van der Waals surface area contributed by atoms with Crippen molar-refractivity contribution in [3.05, 3.63) is 23.3 Å². The molecule has 1 aromatic rings. The van der Waals surface area contributed by atoms with E-state index in [9.17, 15) is 17.6 Å². The summed E-state index contributed by atoms with van der Waals surface area (Å²) in [4.78, 5) is -1.02. The third kappa shape index (κ3) is 1.55. The minimum Gasteiger partial charge on any atom is -0.503 e. The van der Waals surface area contributed by atoms with Gasteiger partial charge < -0.3 is 5.11 Å². The van der Waals surface area contributed by atoms with Gasteiger partial charge in [-0.25, -0.2) is 8.78 Å². The lowest BCUT2D eigenvalue weighted by Crippen LogP contribution is -1.97. The summed E-state index contributed by atoms with van der Waals surface area (Å²) in [6, 6.07) is 0. The fourth-order valence-electron chi connectivity index (χ4n) is 0.668. The Labute approximate surface area is 78.8 Å². The second-order valence-corrected chi connectivity index (χ2v) is 3.04. The second-order valence-electron chi connectivity index (χ2n) is 2.01. The predicted octanol–water partition coefficient (Wildman–Crippen LogP) is 3.19. The Morgan fingerprint density at radius 3 is 1.62 bits per heavy atom. The zero-order valence-corrected chi connectivity index (χ0v) is 7.32. The molecule has 0 spiro atoms. The van der Waals surface area contributed by atoms with Gasteiger partial charge in [-0.1, -0.05) is 0 Å². The number of phenolic OH excluding ortho intramolecular Hbond substituents is 1. The van der Waals surface area contributed by atoms with E-state index in [2.05, 4.69) is 0 Å². The third-order valence-electron chi connectivity index (χ3n) is 1.28. The van der Waals surface area contributed by atoms with E-state index in [0.29, 0.717) is 0 Å². The van der Waals surface area contributed by atoms with Crippen molar-refractivity contribution in [2.75, 3.05) is 0 Å². The molecule has 0 radical (unpaired) electrons. The first-order valence-corrected chi connectivity index (χ1v) is 4.48. The summed E-state index contributed by atoms with van der Waals surface area (Å²) >= 11 is 0. The van der Waals surface area contributed by atoms with Gasteiger partial charge in [0.1, 0.15) is 4.90 Å². The molecule has 1 aromatic carbocycles. The highest BCUT2D eigenvalue weighted by Gasteiger charge is 2.24. The van der Waals surface area contributed by atoms with Crippen LogP contribution in [0, 0.1) is 23.3 Å². The molecule has 0 atom stereocenters. The zero-order chi connectivity index (χ0) is 10.2. The number of hydrogen-bond acceptors (Lipinski definition) is 2. The van der Waals surface area contributed by atoms with Gasteiger partial charge in [-0.2, -0.15) is 8.78 Å². The van der Waals surface area contributed by atoms with Crippen LogP contribution < -0.4 is 0 Å². The van der Waals surface area contributed by atoms with Crippen molar-refractivity contribution >= 4 is 21.7 Å². The second kappa shape index (κ2) is 3.63. The molecular weight excluding hydrogens is 232 g/mol. The van der Waals surface area contributed by atoms with Crippen molar-refractivity contribution in [2.24, 2.45) is 0 Å². The van der Waals surface area contributed by atoms with Crippen molar-refractivity contribution in [1.29, 1.82) is 0 Å². The van der Waals surface area contributed by atoms with Gasteiger partial charge >= 0.3 is 0 Å². The molecule has 1 nitrogen and oxygen atoms in total. The standard InChI is InChI=1S/C6HClF4OS/c7-13-6-3(10)1(8)5(12)2(9)4(6)11/h12H. The number of halogens is 5. The normalized spacial score (nSPS) is 10.5. The molecule has 0 aliphatic rings. The van der Waals surface area contributed by atoms with Crippen LogP contribution in [0.2, 0.25) is 0 Å². The fraction of sp³-hybridized carbons (Fsp3) is 0. The van der Waals surface area contributed by atoms with Crippen LogP contribution in [0.3, 0.4) is 0 Å². The topological polar surface area (TPSA) is 20.2 Å². The van der Waals surface area contributed by atoms with Gasteiger partial charge in [0, 0.05) is 0 Å². The van der Waals surface area contributed by atoms with Gasteiger partial charge in [-0.15, -0.1) is 0 Å². The first kappa shape index (κ1) is 10.5. The van der Waals surface area contributed by atoms with Gasteiger partial charge in [0.2, 0.25) is 11.6 Å². The Morgan fingerprint density at radius 1 is 0.923 bits per heavy atom. The number of phenols is 1. The maximum Gasteiger partial charge on any atom is 0.204 e. The average molecular weight is 233 g/mol. The first-order chi connectivity index (χ1) is 6.00. The van der Waals surface area contributed by atoms with E-state index in [4.69, 9.17) is 15.8 Å². The summed E-state index contributed by atoms with van der Waals surface area (Å²) in [7, 11) is 4.95. The van der Waals surface area contributed by atoms with E-state index in [0.717, 1.165) is 0 Å². The lowest BCUT2D eigenvalue weighted by Gasteiger charge is -2.04. The molecule has 0 amide bonds. The Morgan fingerprint density at radius 2 is 1.31 bits per heavy atom. The number of rotatable bonds is 1. The maximum atomic E-state index is 12.7. The van der Waals surface area contributed by atoms with Crippen LogP contribution in [-0.2, 0) is 0 Å². The van der Waals surface area contributed by atoms with Crippen LogP contribution in [0.1, 0.15) is 0 Å². The molecular formula is C6HClF4OS. The molecule has 1 rings (SSSR count). The Hall–Kier alpha value is -0.620. The highest BCUT2D eigenvalue weighted by atomic mass is 35.7. The van der Waals surface area contributed by atoms with Crippen LogP contribution in [0.4, 0.5) is 17.6 Å². The predicted molar refractivity (Wildman–Crippen MR) is 39.6 cm³/mol. The van der Waals surface area contributed by atoms with Crippen LogP contribution in [0.25, 0.3) is 0 Å². The Kier molecular flexibility index (Phi) is 2.92. The fourth-order valence-corrected chi connectivity index (χ4v) is 1.39. The van der Waals surface area contributed by atoms with E-state index in [1.807, 2.05) is 0 Å². The summed E-state index contributed by atoms with van der Waals surface area (Å²) < 4.78 is 50.3.